The smallest absolute Gasteiger partial charge is 0.270 e. The molecule has 2 rings (SSSR count). The van der Waals surface area contributed by atoms with E-state index in [0.717, 1.165) is 6.07 Å². The number of aromatic amines is 1. The average molecular weight is 248 g/mol. The predicted molar refractivity (Wildman–Crippen MR) is 62.9 cm³/mol. The number of aromatic nitrogens is 1. The van der Waals surface area contributed by atoms with E-state index in [9.17, 15) is 19.7 Å². The van der Waals surface area contributed by atoms with Crippen LogP contribution in [-0.2, 0) is 0 Å². The molecule has 2 aromatic rings. The van der Waals surface area contributed by atoms with Gasteiger partial charge < -0.3 is 4.98 Å². The number of nitro benzene ring substituents is 1. The van der Waals surface area contributed by atoms with Crippen LogP contribution >= 0.6 is 0 Å². The van der Waals surface area contributed by atoms with E-state index in [1.165, 1.54) is 18.3 Å². The highest BCUT2D eigenvalue weighted by atomic mass is 16.6. The largest absolute Gasteiger partial charge is 0.360 e. The van der Waals surface area contributed by atoms with E-state index in [2.05, 4.69) is 4.98 Å². The van der Waals surface area contributed by atoms with Gasteiger partial charge in [0.15, 0.2) is 0 Å². The fourth-order valence-electron chi connectivity index (χ4n) is 1.57. The summed E-state index contributed by atoms with van der Waals surface area (Å²) in [6.45, 7) is 0. The number of fused-ring (bicyclic) bond motifs is 1. The molecule has 0 atom stereocenters. The third kappa shape index (κ3) is 1.80. The quantitative estimate of drug-likeness (QED) is 0.299. The van der Waals surface area contributed by atoms with Crippen LogP contribution in [0.15, 0.2) is 29.2 Å². The first-order valence-corrected chi connectivity index (χ1v) is 4.85. The average Bonchev–Trinajstić information content (AvgIpc) is 2.38. The number of rotatable bonds is 2. The standard InChI is InChI=1S/C10H8N4O4/c11-13-10(16)7-4-12-8-2-1-5(14(17)18)3-6(8)9(7)15/h1-4H,11H2,(H,12,15)(H,13,16). The fourth-order valence-corrected chi connectivity index (χ4v) is 1.57. The van der Waals surface area contributed by atoms with Gasteiger partial charge in [0.1, 0.15) is 5.56 Å². The lowest BCUT2D eigenvalue weighted by Crippen LogP contribution is -2.33. The van der Waals surface area contributed by atoms with Crippen molar-refractivity contribution in [2.45, 2.75) is 0 Å². The molecule has 92 valence electrons. The minimum Gasteiger partial charge on any atom is -0.360 e. The lowest BCUT2D eigenvalue weighted by atomic mass is 10.1. The van der Waals surface area contributed by atoms with Crippen LogP contribution in [0.1, 0.15) is 10.4 Å². The van der Waals surface area contributed by atoms with Crippen LogP contribution in [-0.4, -0.2) is 15.8 Å². The highest BCUT2D eigenvalue weighted by Crippen LogP contribution is 2.16. The van der Waals surface area contributed by atoms with Gasteiger partial charge in [-0.25, -0.2) is 5.84 Å². The number of pyridine rings is 1. The molecular weight excluding hydrogens is 240 g/mol. The van der Waals surface area contributed by atoms with Crippen LogP contribution in [0.5, 0.6) is 0 Å². The van der Waals surface area contributed by atoms with Crippen LogP contribution in [0, 0.1) is 10.1 Å². The summed E-state index contributed by atoms with van der Waals surface area (Å²) in [5, 5.41) is 10.7. The first-order valence-electron chi connectivity index (χ1n) is 4.85. The number of nitrogen functional groups attached to an aromatic ring is 1. The fraction of sp³-hybridized carbons (Fsp3) is 0. The van der Waals surface area contributed by atoms with Gasteiger partial charge in [0.05, 0.1) is 10.3 Å². The number of nitrogens with one attached hydrogen (secondary N) is 2. The highest BCUT2D eigenvalue weighted by Gasteiger charge is 2.14. The summed E-state index contributed by atoms with van der Waals surface area (Å²) in [4.78, 5) is 36.0. The molecule has 0 bridgehead atoms. The molecule has 4 N–H and O–H groups in total. The minimum atomic E-state index is -0.760. The van der Waals surface area contributed by atoms with Crippen LogP contribution in [0.3, 0.4) is 0 Å². The van der Waals surface area contributed by atoms with E-state index < -0.39 is 16.3 Å². The van der Waals surface area contributed by atoms with Crippen molar-refractivity contribution in [3.8, 4) is 0 Å². The van der Waals surface area contributed by atoms with E-state index in [0.29, 0.717) is 5.52 Å². The summed E-state index contributed by atoms with van der Waals surface area (Å²) in [5.74, 6) is 4.18. The van der Waals surface area contributed by atoms with Crippen molar-refractivity contribution in [1.29, 1.82) is 0 Å². The Balaban J connectivity index is 2.75. The number of amides is 1. The molecule has 1 amide bonds. The van der Waals surface area contributed by atoms with Gasteiger partial charge in [-0.2, -0.15) is 0 Å². The first kappa shape index (κ1) is 11.7. The zero-order valence-electron chi connectivity index (χ0n) is 8.97. The molecule has 8 heteroatoms. The monoisotopic (exact) mass is 248 g/mol. The number of hydrogen-bond acceptors (Lipinski definition) is 5. The van der Waals surface area contributed by atoms with Crippen molar-refractivity contribution < 1.29 is 9.72 Å². The predicted octanol–water partition coefficient (Wildman–Crippen LogP) is 0.0398. The molecule has 0 saturated carbocycles. The molecular formula is C10H8N4O4. The maximum atomic E-state index is 11.9. The topological polar surface area (TPSA) is 131 Å². The molecule has 0 fully saturated rings. The Morgan fingerprint density at radius 2 is 2.17 bits per heavy atom. The summed E-state index contributed by atoms with van der Waals surface area (Å²) in [7, 11) is 0. The van der Waals surface area contributed by atoms with E-state index in [4.69, 9.17) is 5.84 Å². The molecule has 18 heavy (non-hydrogen) atoms. The number of carbonyl (C=O) groups is 1. The van der Waals surface area contributed by atoms with Gasteiger partial charge in [0.25, 0.3) is 11.6 Å². The molecule has 0 saturated heterocycles. The molecule has 0 aliphatic rings. The van der Waals surface area contributed by atoms with Gasteiger partial charge in [0, 0.05) is 23.8 Å². The Morgan fingerprint density at radius 3 is 2.78 bits per heavy atom. The molecule has 0 radical (unpaired) electrons. The van der Waals surface area contributed by atoms with Crippen molar-refractivity contribution in [3.63, 3.8) is 0 Å². The van der Waals surface area contributed by atoms with Crippen molar-refractivity contribution in [1.82, 2.24) is 10.4 Å². The minimum absolute atomic E-state index is 0.0605. The first-order chi connectivity index (χ1) is 8.54. The number of benzene rings is 1. The Morgan fingerprint density at radius 1 is 1.44 bits per heavy atom. The molecule has 8 nitrogen and oxygen atoms in total. The van der Waals surface area contributed by atoms with Gasteiger partial charge in [-0.3, -0.25) is 25.1 Å². The number of hydrazine groups is 1. The number of nitrogens with zero attached hydrogens (tertiary/aromatic N) is 1. The van der Waals surface area contributed by atoms with Crippen LogP contribution in [0.25, 0.3) is 10.9 Å². The third-order valence-corrected chi connectivity index (χ3v) is 2.45. The van der Waals surface area contributed by atoms with Gasteiger partial charge >= 0.3 is 0 Å². The van der Waals surface area contributed by atoms with Gasteiger partial charge in [-0.15, -0.1) is 0 Å². The number of H-pyrrole nitrogens is 1. The summed E-state index contributed by atoms with van der Waals surface area (Å²) in [6, 6.07) is 3.78. The number of non-ortho nitro benzene ring substituents is 1. The van der Waals surface area contributed by atoms with Crippen LogP contribution < -0.4 is 16.7 Å². The second-order valence-electron chi connectivity index (χ2n) is 3.49. The van der Waals surface area contributed by atoms with Gasteiger partial charge in [0.2, 0.25) is 5.43 Å². The van der Waals surface area contributed by atoms with E-state index in [-0.39, 0.29) is 16.6 Å². The second kappa shape index (κ2) is 4.26. The molecule has 0 aliphatic carbocycles. The Bertz CT molecular complexity index is 707. The van der Waals surface area contributed by atoms with E-state index in [1.54, 1.807) is 0 Å². The lowest BCUT2D eigenvalue weighted by molar-refractivity contribution is -0.384. The zero-order chi connectivity index (χ0) is 13.3. The summed E-state index contributed by atoms with van der Waals surface area (Å²) < 4.78 is 0. The summed E-state index contributed by atoms with van der Waals surface area (Å²) in [5.41, 5.74) is 1.19. The van der Waals surface area contributed by atoms with Crippen molar-refractivity contribution in [2.24, 2.45) is 5.84 Å². The van der Waals surface area contributed by atoms with Crippen molar-refractivity contribution in [3.05, 3.63) is 50.3 Å². The Hall–Kier alpha value is -2.74. The Labute approximate surface area is 99.5 Å². The molecule has 1 aromatic carbocycles. The normalized spacial score (nSPS) is 10.3. The molecule has 0 spiro atoms. The number of carbonyl (C=O) groups excluding carboxylic acids is 1. The second-order valence-corrected chi connectivity index (χ2v) is 3.49. The molecule has 1 heterocycles. The van der Waals surface area contributed by atoms with E-state index >= 15 is 0 Å². The Kier molecular flexibility index (Phi) is 2.78. The van der Waals surface area contributed by atoms with Gasteiger partial charge in [-0.1, -0.05) is 0 Å². The molecule has 0 unspecified atom stereocenters. The lowest BCUT2D eigenvalue weighted by Gasteiger charge is -2.02. The van der Waals surface area contributed by atoms with E-state index in [1.807, 2.05) is 5.43 Å². The third-order valence-electron chi connectivity index (χ3n) is 2.45. The summed E-state index contributed by atoms with van der Waals surface area (Å²) in [6.07, 6.45) is 1.21. The van der Waals surface area contributed by atoms with Crippen molar-refractivity contribution in [2.75, 3.05) is 0 Å². The molecule has 1 aromatic heterocycles. The molecule has 0 aliphatic heterocycles. The van der Waals surface area contributed by atoms with Crippen LogP contribution in [0.2, 0.25) is 0 Å². The number of nitro groups is 1. The zero-order valence-corrected chi connectivity index (χ0v) is 8.97. The summed E-state index contributed by atoms with van der Waals surface area (Å²) >= 11 is 0. The van der Waals surface area contributed by atoms with Crippen LogP contribution in [0.4, 0.5) is 5.69 Å². The highest BCUT2D eigenvalue weighted by molar-refractivity contribution is 5.97. The SMILES string of the molecule is NNC(=O)c1c[nH]c2ccc([N+](=O)[O-])cc2c1=O. The number of nitrogens with two attached hydrogens (primary N) is 1. The maximum Gasteiger partial charge on any atom is 0.270 e. The van der Waals surface area contributed by atoms with Gasteiger partial charge in [-0.05, 0) is 6.07 Å². The number of hydrogen-bond donors (Lipinski definition) is 3. The maximum absolute atomic E-state index is 11.9. The van der Waals surface area contributed by atoms with Crippen molar-refractivity contribution >= 4 is 22.5 Å².